The Labute approximate surface area is 120 Å². The number of aliphatic hydroxyl groups excluding tert-OH is 2. The molecule has 1 aliphatic carbocycles. The number of aliphatic carboxylic acids is 1. The average Bonchev–Trinajstić information content (AvgIpc) is 2.84. The minimum Gasteiger partial charge on any atom is -0.481 e. The van der Waals surface area contributed by atoms with Gasteiger partial charge in [-0.15, -0.1) is 0 Å². The summed E-state index contributed by atoms with van der Waals surface area (Å²) in [6.07, 6.45) is 6.43. The molecule has 1 rings (SSSR count). The van der Waals surface area contributed by atoms with Crippen molar-refractivity contribution in [2.75, 3.05) is 6.61 Å². The van der Waals surface area contributed by atoms with Gasteiger partial charge in [-0.1, -0.05) is 19.3 Å². The van der Waals surface area contributed by atoms with Gasteiger partial charge in [0.1, 0.15) is 6.29 Å². The number of carbonyl (C=O) groups excluding carboxylic acids is 1. The zero-order valence-electron chi connectivity index (χ0n) is 11.9. The highest BCUT2D eigenvalue weighted by Crippen LogP contribution is 2.41. The van der Waals surface area contributed by atoms with Crippen LogP contribution in [0.4, 0.5) is 0 Å². The first kappa shape index (κ1) is 17.1. The molecule has 1 fully saturated rings. The van der Waals surface area contributed by atoms with E-state index in [-0.39, 0.29) is 30.8 Å². The van der Waals surface area contributed by atoms with Crippen molar-refractivity contribution >= 4 is 12.3 Å². The molecule has 0 aromatic rings. The number of aldehydes is 1. The van der Waals surface area contributed by atoms with Crippen LogP contribution < -0.4 is 0 Å². The van der Waals surface area contributed by atoms with Gasteiger partial charge in [-0.05, 0) is 37.5 Å². The van der Waals surface area contributed by atoms with E-state index in [0.29, 0.717) is 6.42 Å². The molecule has 0 heterocycles. The lowest BCUT2D eigenvalue weighted by Crippen LogP contribution is -2.29. The average molecular weight is 286 g/mol. The predicted molar refractivity (Wildman–Crippen MR) is 74.2 cm³/mol. The topological polar surface area (TPSA) is 94.8 Å². The molecule has 0 aliphatic heterocycles. The maximum Gasteiger partial charge on any atom is 0.303 e. The van der Waals surface area contributed by atoms with E-state index >= 15 is 0 Å². The summed E-state index contributed by atoms with van der Waals surface area (Å²) in [7, 11) is 0. The van der Waals surface area contributed by atoms with Crippen LogP contribution in [0.2, 0.25) is 0 Å². The normalized spacial score (nSPS) is 27.4. The van der Waals surface area contributed by atoms with Crippen LogP contribution in [0.1, 0.15) is 51.4 Å². The van der Waals surface area contributed by atoms with Gasteiger partial charge < -0.3 is 20.1 Å². The molecule has 0 spiro atoms. The molecule has 0 aromatic carbocycles. The summed E-state index contributed by atoms with van der Waals surface area (Å²) in [6, 6.07) is 0. The molecule has 0 amide bonds. The van der Waals surface area contributed by atoms with Crippen molar-refractivity contribution in [3.05, 3.63) is 0 Å². The zero-order chi connectivity index (χ0) is 15.0. The molecule has 5 nitrogen and oxygen atoms in total. The second-order valence-corrected chi connectivity index (χ2v) is 5.80. The summed E-state index contributed by atoms with van der Waals surface area (Å²) >= 11 is 0. The molecule has 0 radical (unpaired) electrons. The number of aliphatic hydroxyl groups is 2. The quantitative estimate of drug-likeness (QED) is 0.419. The lowest BCUT2D eigenvalue weighted by atomic mass is 9.82. The number of carboxylic acid groups (broad SMARTS) is 1. The summed E-state index contributed by atoms with van der Waals surface area (Å²) in [5.41, 5.74) is 0. The first-order valence-corrected chi connectivity index (χ1v) is 7.56. The molecule has 116 valence electrons. The van der Waals surface area contributed by atoms with E-state index in [1.165, 1.54) is 0 Å². The van der Waals surface area contributed by atoms with E-state index in [1.54, 1.807) is 0 Å². The first-order valence-electron chi connectivity index (χ1n) is 7.56. The Hall–Kier alpha value is -0.940. The van der Waals surface area contributed by atoms with Gasteiger partial charge in [0.2, 0.25) is 0 Å². The molecule has 5 heteroatoms. The van der Waals surface area contributed by atoms with Gasteiger partial charge in [0.25, 0.3) is 0 Å². The van der Waals surface area contributed by atoms with Crippen molar-refractivity contribution in [2.45, 2.75) is 57.5 Å². The first-order chi connectivity index (χ1) is 9.60. The molecule has 4 atom stereocenters. The highest BCUT2D eigenvalue weighted by molar-refractivity contribution is 5.66. The third-order valence-corrected chi connectivity index (χ3v) is 4.47. The Morgan fingerprint density at radius 2 is 1.90 bits per heavy atom. The number of unbranched alkanes of at least 4 members (excludes halogenated alkanes) is 3. The van der Waals surface area contributed by atoms with E-state index < -0.39 is 12.1 Å². The standard InChI is InChI=1S/C15H26O5/c16-9-11-7-8-13(14(18)10-17)12(11)5-3-1-2-4-6-15(19)20/h9,11-14,17-18H,1-8,10H2,(H,19,20). The van der Waals surface area contributed by atoms with E-state index in [1.807, 2.05) is 0 Å². The van der Waals surface area contributed by atoms with Crippen LogP contribution in [0.3, 0.4) is 0 Å². The second-order valence-electron chi connectivity index (χ2n) is 5.80. The van der Waals surface area contributed by atoms with Crippen LogP contribution in [0, 0.1) is 17.8 Å². The van der Waals surface area contributed by atoms with Gasteiger partial charge in [0, 0.05) is 12.3 Å². The highest BCUT2D eigenvalue weighted by atomic mass is 16.4. The van der Waals surface area contributed by atoms with Crippen molar-refractivity contribution in [1.29, 1.82) is 0 Å². The van der Waals surface area contributed by atoms with E-state index in [2.05, 4.69) is 0 Å². The molecular weight excluding hydrogens is 260 g/mol. The third kappa shape index (κ3) is 5.21. The van der Waals surface area contributed by atoms with Crippen LogP contribution in [-0.4, -0.2) is 40.3 Å². The van der Waals surface area contributed by atoms with Crippen molar-refractivity contribution in [2.24, 2.45) is 17.8 Å². The van der Waals surface area contributed by atoms with Crippen molar-refractivity contribution < 1.29 is 24.9 Å². The lowest BCUT2D eigenvalue weighted by Gasteiger charge is -2.25. The van der Waals surface area contributed by atoms with Gasteiger partial charge in [0.05, 0.1) is 12.7 Å². The molecule has 0 saturated heterocycles. The number of hydrogen-bond acceptors (Lipinski definition) is 4. The van der Waals surface area contributed by atoms with Gasteiger partial charge in [-0.25, -0.2) is 0 Å². The van der Waals surface area contributed by atoms with Gasteiger partial charge in [-0.2, -0.15) is 0 Å². The fourth-order valence-corrected chi connectivity index (χ4v) is 3.35. The largest absolute Gasteiger partial charge is 0.481 e. The number of hydrogen-bond donors (Lipinski definition) is 3. The Morgan fingerprint density at radius 3 is 2.50 bits per heavy atom. The van der Waals surface area contributed by atoms with Crippen LogP contribution in [-0.2, 0) is 9.59 Å². The number of rotatable bonds is 10. The smallest absolute Gasteiger partial charge is 0.303 e. The van der Waals surface area contributed by atoms with E-state index in [4.69, 9.17) is 10.2 Å². The summed E-state index contributed by atoms with van der Waals surface area (Å²) in [5.74, 6) is -0.573. The molecule has 20 heavy (non-hydrogen) atoms. The monoisotopic (exact) mass is 286 g/mol. The molecule has 4 unspecified atom stereocenters. The fraction of sp³-hybridized carbons (Fsp3) is 0.867. The number of carbonyl (C=O) groups is 2. The van der Waals surface area contributed by atoms with Crippen LogP contribution >= 0.6 is 0 Å². The summed E-state index contributed by atoms with van der Waals surface area (Å²) in [6.45, 7) is -0.245. The van der Waals surface area contributed by atoms with Crippen LogP contribution in [0.15, 0.2) is 0 Å². The minimum absolute atomic E-state index is 0.000203. The molecule has 1 aliphatic rings. The zero-order valence-corrected chi connectivity index (χ0v) is 11.9. The highest BCUT2D eigenvalue weighted by Gasteiger charge is 2.38. The maximum absolute atomic E-state index is 11.1. The Bertz CT molecular complexity index is 305. The summed E-state index contributed by atoms with van der Waals surface area (Å²) < 4.78 is 0. The van der Waals surface area contributed by atoms with E-state index in [0.717, 1.165) is 44.8 Å². The summed E-state index contributed by atoms with van der Waals surface area (Å²) in [4.78, 5) is 21.5. The van der Waals surface area contributed by atoms with E-state index in [9.17, 15) is 14.7 Å². The lowest BCUT2D eigenvalue weighted by molar-refractivity contribution is -0.137. The molecule has 0 aromatic heterocycles. The van der Waals surface area contributed by atoms with Crippen molar-refractivity contribution in [3.8, 4) is 0 Å². The van der Waals surface area contributed by atoms with Gasteiger partial charge >= 0.3 is 5.97 Å². The van der Waals surface area contributed by atoms with Crippen molar-refractivity contribution in [3.63, 3.8) is 0 Å². The van der Waals surface area contributed by atoms with Crippen molar-refractivity contribution in [1.82, 2.24) is 0 Å². The third-order valence-electron chi connectivity index (χ3n) is 4.47. The molecular formula is C15H26O5. The molecule has 1 saturated carbocycles. The maximum atomic E-state index is 11.1. The number of carboxylic acids is 1. The molecule has 0 bridgehead atoms. The predicted octanol–water partition coefficient (Wildman–Crippen LogP) is 1.61. The second kappa shape index (κ2) is 9.08. The fourth-order valence-electron chi connectivity index (χ4n) is 3.35. The Morgan fingerprint density at radius 1 is 1.20 bits per heavy atom. The van der Waals surface area contributed by atoms with Gasteiger partial charge in [-0.3, -0.25) is 4.79 Å². The van der Waals surface area contributed by atoms with Crippen LogP contribution in [0.5, 0.6) is 0 Å². The summed E-state index contributed by atoms with van der Waals surface area (Å²) in [5, 5.41) is 27.4. The SMILES string of the molecule is O=CC1CCC(C(O)CO)C1CCCCCCC(=O)O. The molecule has 3 N–H and O–H groups in total. The Kier molecular flexibility index (Phi) is 7.77. The Balaban J connectivity index is 2.30. The van der Waals surface area contributed by atoms with Crippen LogP contribution in [0.25, 0.3) is 0 Å². The van der Waals surface area contributed by atoms with Gasteiger partial charge in [0.15, 0.2) is 0 Å². The minimum atomic E-state index is -0.757.